The molecule has 2 aromatic rings. The zero-order valence-corrected chi connectivity index (χ0v) is 10.0. The molecule has 2 heterocycles. The van der Waals surface area contributed by atoms with Crippen LogP contribution in [0.1, 0.15) is 0 Å². The molecule has 2 atom stereocenters. The Morgan fingerprint density at radius 3 is 2.74 bits per heavy atom. The van der Waals surface area contributed by atoms with Crippen LogP contribution < -0.4 is 5.73 Å². The topological polar surface area (TPSA) is 140 Å². The van der Waals surface area contributed by atoms with E-state index in [0.717, 1.165) is 0 Å². The average molecular weight is 269 g/mol. The van der Waals surface area contributed by atoms with Gasteiger partial charge in [-0.05, 0) is 0 Å². The Bertz CT molecular complexity index is 546. The fraction of sp³-hybridized carbons (Fsp3) is 0.500. The molecule has 0 aliphatic heterocycles. The maximum absolute atomic E-state index is 9.40. The molecule has 9 heteroatoms. The molecule has 2 aromatic heterocycles. The number of hydrogen-bond acceptors (Lipinski definition) is 8. The summed E-state index contributed by atoms with van der Waals surface area (Å²) in [4.78, 5) is 11.9. The third-order valence-electron chi connectivity index (χ3n) is 2.65. The van der Waals surface area contributed by atoms with Gasteiger partial charge in [-0.1, -0.05) is 0 Å². The monoisotopic (exact) mass is 269 g/mol. The number of aliphatic hydroxyl groups excluding tert-OH is 3. The average Bonchev–Trinajstić information content (AvgIpc) is 2.84. The fourth-order valence-electron chi connectivity index (χ4n) is 1.57. The first-order valence-electron chi connectivity index (χ1n) is 5.60. The van der Waals surface area contributed by atoms with Crippen molar-refractivity contribution >= 4 is 17.0 Å². The normalized spacial score (nSPS) is 14.7. The number of hydrogen-bond donors (Lipinski definition) is 4. The summed E-state index contributed by atoms with van der Waals surface area (Å²) in [5.74, 6) is 0.262. The second-order valence-corrected chi connectivity index (χ2v) is 3.91. The van der Waals surface area contributed by atoms with Crippen molar-refractivity contribution in [2.75, 3.05) is 18.9 Å². The van der Waals surface area contributed by atoms with Crippen LogP contribution in [-0.4, -0.2) is 60.3 Å². The van der Waals surface area contributed by atoms with Gasteiger partial charge in [-0.3, -0.25) is 4.57 Å². The van der Waals surface area contributed by atoms with Gasteiger partial charge >= 0.3 is 0 Å². The van der Waals surface area contributed by atoms with Crippen LogP contribution in [0.2, 0.25) is 0 Å². The predicted octanol–water partition coefficient (Wildman–Crippen LogP) is -1.90. The lowest BCUT2D eigenvalue weighted by Crippen LogP contribution is -2.35. The summed E-state index contributed by atoms with van der Waals surface area (Å²) < 4.78 is 6.85. The zero-order valence-electron chi connectivity index (χ0n) is 10.0. The van der Waals surface area contributed by atoms with Crippen LogP contribution in [-0.2, 0) is 11.5 Å². The summed E-state index contributed by atoms with van der Waals surface area (Å²) in [6.07, 6.45) is 0.735. The minimum Gasteiger partial charge on any atom is -0.394 e. The number of nitrogens with zero attached hydrogens (tertiary/aromatic N) is 4. The van der Waals surface area contributed by atoms with Crippen molar-refractivity contribution in [3.63, 3.8) is 0 Å². The van der Waals surface area contributed by atoms with Crippen LogP contribution in [0.5, 0.6) is 0 Å². The van der Waals surface area contributed by atoms with E-state index >= 15 is 0 Å². The number of nitrogen functional groups attached to an aromatic ring is 1. The van der Waals surface area contributed by atoms with E-state index in [2.05, 4.69) is 15.0 Å². The predicted molar refractivity (Wildman–Crippen MR) is 64.8 cm³/mol. The molecule has 0 saturated heterocycles. The summed E-state index contributed by atoms with van der Waals surface area (Å²) in [7, 11) is 0. The number of aromatic nitrogens is 4. The number of ether oxygens (including phenoxy) is 1. The Labute approximate surface area is 108 Å². The smallest absolute Gasteiger partial charge is 0.167 e. The molecule has 0 saturated carbocycles. The molecule has 9 nitrogen and oxygen atoms in total. The fourth-order valence-corrected chi connectivity index (χ4v) is 1.57. The van der Waals surface area contributed by atoms with Crippen LogP contribution in [0.25, 0.3) is 11.2 Å². The van der Waals surface area contributed by atoms with Crippen LogP contribution in [0.4, 0.5) is 5.82 Å². The number of fused-ring (bicyclic) bond motifs is 1. The highest BCUT2D eigenvalue weighted by molar-refractivity contribution is 5.80. The van der Waals surface area contributed by atoms with Gasteiger partial charge in [0.2, 0.25) is 0 Å². The van der Waals surface area contributed by atoms with Gasteiger partial charge in [0, 0.05) is 0 Å². The second-order valence-electron chi connectivity index (χ2n) is 3.91. The van der Waals surface area contributed by atoms with Gasteiger partial charge in [0.25, 0.3) is 0 Å². The van der Waals surface area contributed by atoms with Gasteiger partial charge in [0.05, 0.1) is 19.5 Å². The standard InChI is InChI=1S/C10H15N5O4/c11-9-8-10(13-3-12-9)15(4-14-8)5-19-7(2-17)6(18)1-16/h3-4,6-7,16-18H,1-2,5H2,(H2,11,12,13)/t6?,7-/m1/s1. The Balaban J connectivity index is 2.11. The Kier molecular flexibility index (Phi) is 4.22. The Morgan fingerprint density at radius 1 is 1.26 bits per heavy atom. The van der Waals surface area contributed by atoms with E-state index in [1.165, 1.54) is 12.7 Å². The lowest BCUT2D eigenvalue weighted by Gasteiger charge is -2.19. The summed E-state index contributed by atoms with van der Waals surface area (Å²) in [5.41, 5.74) is 6.58. The molecular formula is C10H15N5O4. The molecule has 5 N–H and O–H groups in total. The van der Waals surface area contributed by atoms with Crippen molar-refractivity contribution in [2.45, 2.75) is 18.9 Å². The quantitative estimate of drug-likeness (QED) is 0.476. The lowest BCUT2D eigenvalue weighted by molar-refractivity contribution is -0.0997. The SMILES string of the molecule is Nc1ncnc2c1ncn2CO[C@H](CO)C(O)CO. The number of imidazole rings is 1. The lowest BCUT2D eigenvalue weighted by atomic mass is 10.2. The van der Waals surface area contributed by atoms with Crippen molar-refractivity contribution in [3.05, 3.63) is 12.7 Å². The van der Waals surface area contributed by atoms with Crippen LogP contribution in [0, 0.1) is 0 Å². The van der Waals surface area contributed by atoms with E-state index < -0.39 is 25.4 Å². The highest BCUT2D eigenvalue weighted by atomic mass is 16.5. The third kappa shape index (κ3) is 2.79. The minimum atomic E-state index is -1.15. The molecule has 0 aliphatic carbocycles. The number of aliphatic hydroxyl groups is 3. The summed E-state index contributed by atoms with van der Waals surface area (Å²) in [6, 6.07) is 0. The number of anilines is 1. The van der Waals surface area contributed by atoms with Gasteiger partial charge in [-0.2, -0.15) is 0 Å². The molecule has 0 radical (unpaired) electrons. The van der Waals surface area contributed by atoms with Gasteiger partial charge in [0.1, 0.15) is 30.8 Å². The summed E-state index contributed by atoms with van der Waals surface area (Å²) >= 11 is 0. The third-order valence-corrected chi connectivity index (χ3v) is 2.65. The minimum absolute atomic E-state index is 0.00917. The molecule has 0 bridgehead atoms. The zero-order chi connectivity index (χ0) is 13.8. The molecular weight excluding hydrogens is 254 g/mol. The molecule has 0 aromatic carbocycles. The highest BCUT2D eigenvalue weighted by Crippen LogP contribution is 2.14. The molecule has 19 heavy (non-hydrogen) atoms. The van der Waals surface area contributed by atoms with Crippen molar-refractivity contribution in [2.24, 2.45) is 0 Å². The molecule has 104 valence electrons. The van der Waals surface area contributed by atoms with E-state index in [0.29, 0.717) is 11.2 Å². The first-order chi connectivity index (χ1) is 9.17. The van der Waals surface area contributed by atoms with Crippen LogP contribution in [0.15, 0.2) is 12.7 Å². The Morgan fingerprint density at radius 2 is 2.05 bits per heavy atom. The van der Waals surface area contributed by atoms with Crippen molar-refractivity contribution < 1.29 is 20.1 Å². The van der Waals surface area contributed by atoms with Crippen molar-refractivity contribution in [1.29, 1.82) is 0 Å². The van der Waals surface area contributed by atoms with E-state index in [1.807, 2.05) is 0 Å². The molecule has 0 amide bonds. The van der Waals surface area contributed by atoms with E-state index in [9.17, 15) is 5.11 Å². The first-order valence-corrected chi connectivity index (χ1v) is 5.60. The van der Waals surface area contributed by atoms with E-state index in [-0.39, 0.29) is 12.5 Å². The number of nitrogens with two attached hydrogens (primary N) is 1. The van der Waals surface area contributed by atoms with E-state index in [4.69, 9.17) is 20.7 Å². The molecule has 2 rings (SSSR count). The first kappa shape index (κ1) is 13.6. The maximum atomic E-state index is 9.40. The number of rotatable bonds is 6. The highest BCUT2D eigenvalue weighted by Gasteiger charge is 2.18. The van der Waals surface area contributed by atoms with Crippen LogP contribution >= 0.6 is 0 Å². The molecule has 0 aliphatic rings. The largest absolute Gasteiger partial charge is 0.394 e. The van der Waals surface area contributed by atoms with Gasteiger partial charge < -0.3 is 25.8 Å². The molecule has 0 spiro atoms. The van der Waals surface area contributed by atoms with Crippen molar-refractivity contribution in [1.82, 2.24) is 19.5 Å². The summed E-state index contributed by atoms with van der Waals surface area (Å²) in [5, 5.41) is 27.2. The maximum Gasteiger partial charge on any atom is 0.167 e. The van der Waals surface area contributed by atoms with Gasteiger partial charge in [-0.15, -0.1) is 0 Å². The molecule has 0 fully saturated rings. The molecule has 1 unspecified atom stereocenters. The van der Waals surface area contributed by atoms with Crippen LogP contribution in [0.3, 0.4) is 0 Å². The Hall–Kier alpha value is -1.81. The summed E-state index contributed by atoms with van der Waals surface area (Å²) in [6.45, 7) is -0.897. The van der Waals surface area contributed by atoms with Crippen molar-refractivity contribution in [3.8, 4) is 0 Å². The van der Waals surface area contributed by atoms with E-state index in [1.54, 1.807) is 4.57 Å². The van der Waals surface area contributed by atoms with Gasteiger partial charge in [-0.25, -0.2) is 15.0 Å². The second kappa shape index (κ2) is 5.89. The van der Waals surface area contributed by atoms with Gasteiger partial charge in [0.15, 0.2) is 11.5 Å².